The molecular weight excluding hydrogens is 221 g/mol. The van der Waals surface area contributed by atoms with Crippen LogP contribution in [0.3, 0.4) is 0 Å². The molecule has 3 nitrogen and oxygen atoms in total. The molecule has 0 aliphatic carbocycles. The van der Waals surface area contributed by atoms with Crippen LogP contribution in [0.5, 0.6) is 5.75 Å². The minimum atomic E-state index is -1.29. The fraction of sp³-hybridized carbons (Fsp3) is 0.250. The zero-order chi connectivity index (χ0) is 12.0. The van der Waals surface area contributed by atoms with Crippen molar-refractivity contribution >= 4 is 13.4 Å². The van der Waals surface area contributed by atoms with Gasteiger partial charge in [-0.3, -0.25) is 0 Å². The highest BCUT2D eigenvalue weighted by Crippen LogP contribution is 2.26. The Hall–Kier alpha value is -1.65. The number of ether oxygens (including phenoxy) is 1. The summed E-state index contributed by atoms with van der Waals surface area (Å²) in [5, 5.41) is 8.67. The van der Waals surface area contributed by atoms with Gasteiger partial charge in [0.25, 0.3) is 0 Å². The van der Waals surface area contributed by atoms with E-state index >= 15 is 0 Å². The van der Waals surface area contributed by atoms with E-state index in [0.29, 0.717) is 6.16 Å². The van der Waals surface area contributed by atoms with Gasteiger partial charge in [0, 0.05) is 11.6 Å². The Labute approximate surface area is 96.1 Å². The van der Waals surface area contributed by atoms with Crippen molar-refractivity contribution in [3.05, 3.63) is 35.9 Å². The van der Waals surface area contributed by atoms with Gasteiger partial charge in [-0.1, -0.05) is 16.7 Å². The van der Waals surface area contributed by atoms with Crippen LogP contribution in [-0.4, -0.2) is 19.9 Å². The lowest BCUT2D eigenvalue weighted by Crippen LogP contribution is -1.89. The number of rotatable bonds is 4. The van der Waals surface area contributed by atoms with Gasteiger partial charge in [0.15, 0.2) is 6.16 Å². The van der Waals surface area contributed by atoms with Gasteiger partial charge in [-0.25, -0.2) is 0 Å². The molecule has 1 rings (SSSR count). The van der Waals surface area contributed by atoms with Crippen molar-refractivity contribution in [3.63, 3.8) is 0 Å². The molecule has 0 N–H and O–H groups in total. The van der Waals surface area contributed by atoms with E-state index in [4.69, 9.17) is 10.00 Å². The number of nitrogens with zero attached hydrogens (tertiary/aromatic N) is 1. The van der Waals surface area contributed by atoms with Crippen LogP contribution in [0.2, 0.25) is 0 Å². The normalized spacial score (nSPS) is 11.8. The summed E-state index contributed by atoms with van der Waals surface area (Å²) >= 11 is 0. The van der Waals surface area contributed by atoms with E-state index < -0.39 is 7.80 Å². The molecule has 1 atom stereocenters. The lowest BCUT2D eigenvalue weighted by atomic mass is 10.1. The highest BCUT2D eigenvalue weighted by Gasteiger charge is 2.12. The van der Waals surface area contributed by atoms with Crippen LogP contribution in [0.25, 0.3) is 5.57 Å². The zero-order valence-corrected chi connectivity index (χ0v) is 10.2. The van der Waals surface area contributed by atoms with Crippen LogP contribution in [-0.2, 0) is 4.57 Å². The molecule has 4 heteroatoms. The molecule has 0 saturated heterocycles. The maximum Gasteiger partial charge on any atom is 0.340 e. The van der Waals surface area contributed by atoms with Crippen LogP contribution in [0.15, 0.2) is 30.3 Å². The maximum absolute atomic E-state index is 11.2. The Kier molecular flexibility index (Phi) is 4.69. The van der Waals surface area contributed by atoms with E-state index in [1.54, 1.807) is 13.8 Å². The second-order valence-electron chi connectivity index (χ2n) is 3.31. The summed E-state index contributed by atoms with van der Waals surface area (Å²) in [4.78, 5) is 0. The zero-order valence-electron chi connectivity index (χ0n) is 9.30. The van der Waals surface area contributed by atoms with Crippen molar-refractivity contribution in [1.82, 2.24) is 0 Å². The standard InChI is InChI=1S/C12H13NO2P/c1-15-12-5-3-10(4-6-12)11(7-8-13)9-16(2)14/h3-7H,9H2,1-2H3/q+1/b11-7-. The first-order valence-electron chi connectivity index (χ1n) is 4.78. The largest absolute Gasteiger partial charge is 0.497 e. The van der Waals surface area contributed by atoms with E-state index in [1.165, 1.54) is 6.08 Å². The summed E-state index contributed by atoms with van der Waals surface area (Å²) in [7, 11) is 0.314. The molecule has 0 aliphatic heterocycles. The number of nitriles is 1. The van der Waals surface area contributed by atoms with Gasteiger partial charge in [0.05, 0.1) is 13.2 Å². The Morgan fingerprint density at radius 1 is 1.50 bits per heavy atom. The van der Waals surface area contributed by atoms with Crippen molar-refractivity contribution in [2.75, 3.05) is 19.9 Å². The molecule has 0 spiro atoms. The van der Waals surface area contributed by atoms with Crippen molar-refractivity contribution in [1.29, 1.82) is 5.26 Å². The molecule has 0 aromatic heterocycles. The van der Waals surface area contributed by atoms with E-state index in [2.05, 4.69) is 0 Å². The minimum Gasteiger partial charge on any atom is -0.497 e. The van der Waals surface area contributed by atoms with Gasteiger partial charge < -0.3 is 4.74 Å². The smallest absolute Gasteiger partial charge is 0.340 e. The topological polar surface area (TPSA) is 50.1 Å². The Bertz CT molecular complexity index is 443. The second-order valence-corrected chi connectivity index (χ2v) is 4.89. The molecule has 0 bridgehead atoms. The molecule has 0 aliphatic rings. The molecular formula is C12H13NO2P+. The van der Waals surface area contributed by atoms with Gasteiger partial charge in [0.2, 0.25) is 0 Å². The number of allylic oxidation sites excluding steroid dienone is 2. The number of methoxy groups -OCH3 is 1. The third-order valence-corrected chi connectivity index (χ3v) is 2.88. The molecule has 0 heterocycles. The first kappa shape index (κ1) is 12.4. The molecule has 0 fully saturated rings. The molecule has 0 radical (unpaired) electrons. The molecule has 0 amide bonds. The predicted octanol–water partition coefficient (Wildman–Crippen LogP) is 3.06. The van der Waals surface area contributed by atoms with Crippen LogP contribution >= 0.6 is 7.80 Å². The first-order chi connectivity index (χ1) is 7.67. The third-order valence-electron chi connectivity index (χ3n) is 2.09. The van der Waals surface area contributed by atoms with Crippen LogP contribution in [0.4, 0.5) is 0 Å². The first-order valence-corrected chi connectivity index (χ1v) is 6.68. The van der Waals surface area contributed by atoms with Gasteiger partial charge >= 0.3 is 7.80 Å². The maximum atomic E-state index is 11.2. The number of hydrogen-bond donors (Lipinski definition) is 0. The van der Waals surface area contributed by atoms with Crippen molar-refractivity contribution in [2.24, 2.45) is 0 Å². The molecule has 1 aromatic carbocycles. The highest BCUT2D eigenvalue weighted by atomic mass is 31.1. The summed E-state index contributed by atoms with van der Waals surface area (Å²) in [6.45, 7) is 1.66. The van der Waals surface area contributed by atoms with Gasteiger partial charge in [-0.15, -0.1) is 0 Å². The Morgan fingerprint density at radius 3 is 2.56 bits per heavy atom. The number of benzene rings is 1. The summed E-state index contributed by atoms with van der Waals surface area (Å²) in [5.41, 5.74) is 1.71. The Morgan fingerprint density at radius 2 is 2.12 bits per heavy atom. The lowest BCUT2D eigenvalue weighted by molar-refractivity contribution is 0.415. The minimum absolute atomic E-state index is 0.426. The van der Waals surface area contributed by atoms with Crippen LogP contribution < -0.4 is 4.74 Å². The fourth-order valence-corrected chi connectivity index (χ4v) is 2.10. The monoisotopic (exact) mass is 234 g/mol. The van der Waals surface area contributed by atoms with Gasteiger partial charge in [0.1, 0.15) is 12.4 Å². The van der Waals surface area contributed by atoms with E-state index in [-0.39, 0.29) is 0 Å². The van der Waals surface area contributed by atoms with Crippen molar-refractivity contribution in [2.45, 2.75) is 0 Å². The van der Waals surface area contributed by atoms with Crippen LogP contribution in [0, 0.1) is 11.3 Å². The van der Waals surface area contributed by atoms with Crippen LogP contribution in [0.1, 0.15) is 5.56 Å². The molecule has 0 saturated carbocycles. The van der Waals surface area contributed by atoms with Gasteiger partial charge in [-0.05, 0) is 17.7 Å². The number of hydrogen-bond acceptors (Lipinski definition) is 3. The van der Waals surface area contributed by atoms with Gasteiger partial charge in [-0.2, -0.15) is 5.26 Å². The summed E-state index contributed by atoms with van der Waals surface area (Å²) in [6, 6.07) is 9.35. The highest BCUT2D eigenvalue weighted by molar-refractivity contribution is 7.44. The molecule has 1 aromatic rings. The third kappa shape index (κ3) is 3.49. The molecule has 1 unspecified atom stereocenters. The van der Waals surface area contributed by atoms with E-state index in [1.807, 2.05) is 30.3 Å². The quantitative estimate of drug-likeness (QED) is 0.594. The molecule has 16 heavy (non-hydrogen) atoms. The summed E-state index contributed by atoms with van der Waals surface area (Å²) in [5.74, 6) is 0.765. The summed E-state index contributed by atoms with van der Waals surface area (Å²) in [6.07, 6.45) is 1.87. The SMILES string of the molecule is COc1ccc(/C(=C\C#N)C[P+](C)=O)cc1. The average Bonchev–Trinajstić information content (AvgIpc) is 2.28. The van der Waals surface area contributed by atoms with E-state index in [9.17, 15) is 4.57 Å². The lowest BCUT2D eigenvalue weighted by Gasteiger charge is -2.02. The average molecular weight is 234 g/mol. The second kappa shape index (κ2) is 6.05. The van der Waals surface area contributed by atoms with E-state index in [0.717, 1.165) is 16.9 Å². The fourth-order valence-electron chi connectivity index (χ4n) is 1.34. The Balaban J connectivity index is 2.98. The van der Waals surface area contributed by atoms with Crippen molar-refractivity contribution < 1.29 is 9.30 Å². The van der Waals surface area contributed by atoms with Crippen molar-refractivity contribution in [3.8, 4) is 11.8 Å². The predicted molar refractivity (Wildman–Crippen MR) is 65.0 cm³/mol. The summed E-state index contributed by atoms with van der Waals surface area (Å²) < 4.78 is 16.2. The molecule has 82 valence electrons.